The maximum Gasteiger partial charge on any atom is 0.269 e. The van der Waals surface area contributed by atoms with E-state index >= 15 is 0 Å². The number of carbonyl (C=O) groups excluding carboxylic acids is 3. The number of hydrogen-bond acceptors (Lipinski definition) is 5. The van der Waals surface area contributed by atoms with Gasteiger partial charge in [0.25, 0.3) is 5.91 Å². The first-order valence-corrected chi connectivity index (χ1v) is 12.4. The van der Waals surface area contributed by atoms with Crippen molar-refractivity contribution >= 4 is 46.5 Å². The largest absolute Gasteiger partial charge is 0.492 e. The Kier molecular flexibility index (Phi) is 5.98. The van der Waals surface area contributed by atoms with Crippen molar-refractivity contribution in [3.8, 4) is 5.75 Å². The van der Waals surface area contributed by atoms with Gasteiger partial charge in [-0.15, -0.1) is 11.8 Å². The number of anilines is 3. The van der Waals surface area contributed by atoms with E-state index in [1.54, 1.807) is 17.0 Å². The van der Waals surface area contributed by atoms with Crippen LogP contribution in [-0.4, -0.2) is 36.6 Å². The van der Waals surface area contributed by atoms with Crippen molar-refractivity contribution < 1.29 is 19.1 Å². The maximum atomic E-state index is 14.1. The quantitative estimate of drug-likeness (QED) is 0.561. The molecule has 3 amide bonds. The van der Waals surface area contributed by atoms with Gasteiger partial charge < -0.3 is 10.1 Å². The molecule has 178 valence electrons. The van der Waals surface area contributed by atoms with Gasteiger partial charge in [0, 0.05) is 11.3 Å². The summed E-state index contributed by atoms with van der Waals surface area (Å²) in [6.45, 7) is 4.10. The van der Waals surface area contributed by atoms with Crippen LogP contribution in [0.15, 0.2) is 72.8 Å². The number of carbonyl (C=O) groups is 3. The van der Waals surface area contributed by atoms with Crippen molar-refractivity contribution in [2.45, 2.75) is 18.7 Å². The van der Waals surface area contributed by atoms with E-state index in [2.05, 4.69) is 5.32 Å². The number of para-hydroxylation sites is 3. The first-order chi connectivity index (χ1) is 17.0. The predicted molar refractivity (Wildman–Crippen MR) is 138 cm³/mol. The summed E-state index contributed by atoms with van der Waals surface area (Å²) in [4.78, 5) is 42.1. The van der Waals surface area contributed by atoms with Crippen LogP contribution < -0.4 is 19.9 Å². The van der Waals surface area contributed by atoms with E-state index < -0.39 is 4.87 Å². The summed E-state index contributed by atoms with van der Waals surface area (Å²) in [5.74, 6) is -0.0511. The van der Waals surface area contributed by atoms with Gasteiger partial charge >= 0.3 is 0 Å². The molecule has 0 radical (unpaired) electrons. The fourth-order valence-corrected chi connectivity index (χ4v) is 6.02. The average molecular weight is 488 g/mol. The third-order valence-corrected chi connectivity index (χ3v) is 7.47. The summed E-state index contributed by atoms with van der Waals surface area (Å²) < 4.78 is 5.60. The Labute approximate surface area is 208 Å². The van der Waals surface area contributed by atoms with Crippen LogP contribution in [0.1, 0.15) is 18.1 Å². The Balaban J connectivity index is 1.49. The zero-order valence-electron chi connectivity index (χ0n) is 19.5. The van der Waals surface area contributed by atoms with Crippen molar-refractivity contribution in [1.29, 1.82) is 0 Å². The Morgan fingerprint density at radius 2 is 1.83 bits per heavy atom. The summed E-state index contributed by atoms with van der Waals surface area (Å²) >= 11 is 1.30. The summed E-state index contributed by atoms with van der Waals surface area (Å²) in [7, 11) is 0. The number of aryl methyl sites for hydroxylation is 1. The number of amides is 3. The van der Waals surface area contributed by atoms with Crippen LogP contribution in [0.25, 0.3) is 0 Å². The summed E-state index contributed by atoms with van der Waals surface area (Å²) in [5.41, 5.74) is 3.54. The van der Waals surface area contributed by atoms with Gasteiger partial charge in [-0.3, -0.25) is 24.2 Å². The zero-order valence-corrected chi connectivity index (χ0v) is 20.3. The van der Waals surface area contributed by atoms with Crippen molar-refractivity contribution in [3.63, 3.8) is 0 Å². The predicted octanol–water partition coefficient (Wildman–Crippen LogP) is 4.31. The molecule has 3 aromatic rings. The third kappa shape index (κ3) is 3.83. The molecule has 2 aliphatic heterocycles. The molecule has 5 rings (SSSR count). The molecule has 1 spiro atoms. The fourth-order valence-electron chi connectivity index (χ4n) is 4.66. The van der Waals surface area contributed by atoms with Gasteiger partial charge in [-0.1, -0.05) is 42.5 Å². The minimum atomic E-state index is -1.25. The lowest BCUT2D eigenvalue weighted by Crippen LogP contribution is -2.50. The molecule has 2 heterocycles. The highest BCUT2D eigenvalue weighted by Gasteiger charge is 2.61. The highest BCUT2D eigenvalue weighted by atomic mass is 32.2. The molecular formula is C27H25N3O4S. The van der Waals surface area contributed by atoms with Gasteiger partial charge in [0.1, 0.15) is 12.3 Å². The number of thioether (sulfide) groups is 1. The normalized spacial score (nSPS) is 18.8. The Morgan fingerprint density at radius 3 is 2.63 bits per heavy atom. The molecule has 35 heavy (non-hydrogen) atoms. The molecule has 2 aliphatic rings. The molecule has 1 fully saturated rings. The first-order valence-electron chi connectivity index (χ1n) is 11.4. The molecule has 3 aromatic carbocycles. The lowest BCUT2D eigenvalue weighted by molar-refractivity contribution is -0.124. The molecule has 0 saturated carbocycles. The molecule has 1 atom stereocenters. The van der Waals surface area contributed by atoms with Crippen LogP contribution >= 0.6 is 11.8 Å². The van der Waals surface area contributed by atoms with E-state index in [9.17, 15) is 14.4 Å². The second-order valence-electron chi connectivity index (χ2n) is 8.39. The maximum absolute atomic E-state index is 14.1. The molecule has 1 saturated heterocycles. The number of hydrogen-bond donors (Lipinski definition) is 1. The number of rotatable bonds is 6. The average Bonchev–Trinajstić information content (AvgIpc) is 3.31. The molecule has 0 bridgehead atoms. The van der Waals surface area contributed by atoms with E-state index in [-0.39, 0.29) is 30.0 Å². The summed E-state index contributed by atoms with van der Waals surface area (Å²) in [6, 6.07) is 22.1. The van der Waals surface area contributed by atoms with Crippen LogP contribution in [0.4, 0.5) is 17.1 Å². The van der Waals surface area contributed by atoms with E-state index in [4.69, 9.17) is 4.74 Å². The minimum absolute atomic E-state index is 0.138. The minimum Gasteiger partial charge on any atom is -0.492 e. The highest BCUT2D eigenvalue weighted by molar-refractivity contribution is 8.02. The van der Waals surface area contributed by atoms with Gasteiger partial charge in [-0.25, -0.2) is 0 Å². The van der Waals surface area contributed by atoms with Crippen LogP contribution in [0.2, 0.25) is 0 Å². The molecule has 1 N–H and O–H groups in total. The number of benzene rings is 3. The Hall–Kier alpha value is -3.78. The van der Waals surface area contributed by atoms with Crippen LogP contribution in [0, 0.1) is 6.92 Å². The molecule has 0 unspecified atom stereocenters. The van der Waals surface area contributed by atoms with Gasteiger partial charge in [0.2, 0.25) is 16.7 Å². The van der Waals surface area contributed by atoms with E-state index in [0.29, 0.717) is 35.0 Å². The SMILES string of the molecule is CCOc1ccccc1NC(=O)CN1C(=O)[C@]2(SCC(=O)N2c2cccc(C)c2)c2ccccc21. The number of ether oxygens (including phenoxy) is 1. The van der Waals surface area contributed by atoms with Gasteiger partial charge in [-0.05, 0) is 49.7 Å². The molecule has 8 heteroatoms. The molecule has 0 aromatic heterocycles. The van der Waals surface area contributed by atoms with E-state index in [1.807, 2.05) is 74.5 Å². The molecule has 7 nitrogen and oxygen atoms in total. The lowest BCUT2D eigenvalue weighted by atomic mass is 10.0. The van der Waals surface area contributed by atoms with Gasteiger partial charge in [-0.2, -0.15) is 0 Å². The standard InChI is InChI=1S/C27H25N3O4S/c1-3-34-23-14-7-5-12-21(23)28-24(31)16-29-22-13-6-4-11-20(22)27(26(29)33)30(25(32)17-35-27)19-10-8-9-18(2)15-19/h4-15H,3,16-17H2,1-2H3,(H,28,31)/t27-/m1/s1. The van der Waals surface area contributed by atoms with Crippen LogP contribution in [0.3, 0.4) is 0 Å². The summed E-state index contributed by atoms with van der Waals surface area (Å²) in [6.07, 6.45) is 0. The third-order valence-electron chi connectivity index (χ3n) is 6.09. The van der Waals surface area contributed by atoms with Gasteiger partial charge in [0.05, 0.1) is 23.7 Å². The first kappa shape index (κ1) is 23.0. The second-order valence-corrected chi connectivity index (χ2v) is 9.55. The van der Waals surface area contributed by atoms with Crippen molar-refractivity contribution in [2.75, 3.05) is 34.0 Å². The smallest absolute Gasteiger partial charge is 0.269 e. The topological polar surface area (TPSA) is 79.0 Å². The number of nitrogens with one attached hydrogen (secondary N) is 1. The van der Waals surface area contributed by atoms with Crippen LogP contribution in [-0.2, 0) is 19.3 Å². The lowest BCUT2D eigenvalue weighted by Gasteiger charge is -2.33. The summed E-state index contributed by atoms with van der Waals surface area (Å²) in [5, 5.41) is 2.87. The van der Waals surface area contributed by atoms with Crippen molar-refractivity contribution in [1.82, 2.24) is 0 Å². The molecular weight excluding hydrogens is 462 g/mol. The fraction of sp³-hybridized carbons (Fsp3) is 0.222. The van der Waals surface area contributed by atoms with Crippen molar-refractivity contribution in [2.24, 2.45) is 0 Å². The molecule has 0 aliphatic carbocycles. The van der Waals surface area contributed by atoms with E-state index in [1.165, 1.54) is 16.7 Å². The van der Waals surface area contributed by atoms with Crippen molar-refractivity contribution in [3.05, 3.63) is 83.9 Å². The Morgan fingerprint density at radius 1 is 1.06 bits per heavy atom. The highest BCUT2D eigenvalue weighted by Crippen LogP contribution is 2.55. The van der Waals surface area contributed by atoms with Crippen LogP contribution in [0.5, 0.6) is 5.75 Å². The van der Waals surface area contributed by atoms with Gasteiger partial charge in [0.15, 0.2) is 0 Å². The number of fused-ring (bicyclic) bond motifs is 2. The number of nitrogens with zero attached hydrogens (tertiary/aromatic N) is 2. The monoisotopic (exact) mass is 487 g/mol. The Bertz CT molecular complexity index is 1330. The van der Waals surface area contributed by atoms with E-state index in [0.717, 1.165) is 5.56 Å². The zero-order chi connectivity index (χ0) is 24.6. The second kappa shape index (κ2) is 9.11.